The zero-order valence-electron chi connectivity index (χ0n) is 11.4. The molecule has 0 radical (unpaired) electrons. The van der Waals surface area contributed by atoms with Gasteiger partial charge in [0.2, 0.25) is 5.56 Å². The summed E-state index contributed by atoms with van der Waals surface area (Å²) in [4.78, 5) is 25.9. The van der Waals surface area contributed by atoms with E-state index in [4.69, 9.17) is 0 Å². The predicted molar refractivity (Wildman–Crippen MR) is 75.2 cm³/mol. The summed E-state index contributed by atoms with van der Waals surface area (Å²) in [6.45, 7) is 0. The van der Waals surface area contributed by atoms with Crippen LogP contribution >= 0.6 is 0 Å². The van der Waals surface area contributed by atoms with E-state index >= 15 is 0 Å². The van der Waals surface area contributed by atoms with Crippen LogP contribution in [0.15, 0.2) is 23.0 Å². The van der Waals surface area contributed by atoms with Crippen LogP contribution in [0.1, 0.15) is 55.4 Å². The second-order valence-corrected chi connectivity index (χ2v) is 5.34. The van der Waals surface area contributed by atoms with Crippen molar-refractivity contribution in [1.82, 2.24) is 10.3 Å². The normalized spacial score (nSPS) is 18.4. The number of carbonyl (C=O) groups is 1. The Morgan fingerprint density at radius 3 is 2.45 bits per heavy atom. The summed E-state index contributed by atoms with van der Waals surface area (Å²) < 4.78 is 0. The van der Waals surface area contributed by atoms with Crippen molar-refractivity contribution in [3.05, 3.63) is 34.2 Å². The van der Waals surface area contributed by atoms with Crippen LogP contribution in [0.5, 0.6) is 0 Å². The van der Waals surface area contributed by atoms with Crippen molar-refractivity contribution in [3.8, 4) is 6.07 Å². The summed E-state index contributed by atoms with van der Waals surface area (Å²) in [7, 11) is 0. The monoisotopic (exact) mass is 273 g/mol. The van der Waals surface area contributed by atoms with E-state index in [0.717, 1.165) is 25.7 Å². The molecule has 1 heterocycles. The molecule has 0 aromatic carbocycles. The number of aromatic amines is 1. The third kappa shape index (κ3) is 3.47. The van der Waals surface area contributed by atoms with Crippen molar-refractivity contribution in [3.63, 3.8) is 0 Å². The molecule has 5 nitrogen and oxygen atoms in total. The van der Waals surface area contributed by atoms with Gasteiger partial charge in [-0.3, -0.25) is 9.59 Å². The molecular weight excluding hydrogens is 254 g/mol. The molecule has 1 saturated carbocycles. The molecule has 1 fully saturated rings. The van der Waals surface area contributed by atoms with Crippen molar-refractivity contribution < 1.29 is 4.79 Å². The van der Waals surface area contributed by atoms with Crippen LogP contribution in [0.2, 0.25) is 0 Å². The molecule has 1 amide bonds. The lowest BCUT2D eigenvalue weighted by molar-refractivity contribution is 0.0902. The highest BCUT2D eigenvalue weighted by molar-refractivity contribution is 5.93. The Kier molecular flexibility index (Phi) is 4.57. The lowest BCUT2D eigenvalue weighted by Gasteiger charge is -2.29. The average molecular weight is 273 g/mol. The number of H-pyrrole nitrogens is 1. The third-order valence-electron chi connectivity index (χ3n) is 3.79. The SMILES string of the molecule is N#CC1(NC(=O)c2cccc(=O)[nH]2)CCCCCCC1. The van der Waals surface area contributed by atoms with Crippen molar-refractivity contribution in [2.24, 2.45) is 0 Å². The molecule has 5 heteroatoms. The summed E-state index contributed by atoms with van der Waals surface area (Å²) in [5.41, 5.74) is -0.917. The van der Waals surface area contributed by atoms with Gasteiger partial charge in [-0.05, 0) is 18.9 Å². The first kappa shape index (κ1) is 14.3. The van der Waals surface area contributed by atoms with Crippen molar-refractivity contribution in [1.29, 1.82) is 5.26 Å². The minimum Gasteiger partial charge on any atom is -0.332 e. The second kappa shape index (κ2) is 6.38. The van der Waals surface area contributed by atoms with Crippen LogP contribution in [0.25, 0.3) is 0 Å². The van der Waals surface area contributed by atoms with Gasteiger partial charge < -0.3 is 10.3 Å². The molecule has 0 unspecified atom stereocenters. The quantitative estimate of drug-likeness (QED) is 0.865. The maximum absolute atomic E-state index is 12.2. The van der Waals surface area contributed by atoms with Crippen LogP contribution in [-0.2, 0) is 0 Å². The van der Waals surface area contributed by atoms with Crippen LogP contribution in [0.3, 0.4) is 0 Å². The van der Waals surface area contributed by atoms with E-state index in [1.54, 1.807) is 6.07 Å². The van der Waals surface area contributed by atoms with Gasteiger partial charge in [-0.25, -0.2) is 0 Å². The van der Waals surface area contributed by atoms with Gasteiger partial charge in [0.05, 0.1) is 6.07 Å². The first-order valence-electron chi connectivity index (χ1n) is 7.08. The van der Waals surface area contributed by atoms with Gasteiger partial charge in [-0.2, -0.15) is 5.26 Å². The van der Waals surface area contributed by atoms with Gasteiger partial charge in [0.25, 0.3) is 5.91 Å². The minimum atomic E-state index is -0.801. The second-order valence-electron chi connectivity index (χ2n) is 5.34. The molecule has 1 aromatic rings. The highest BCUT2D eigenvalue weighted by Crippen LogP contribution is 2.26. The number of carbonyl (C=O) groups excluding carboxylic acids is 1. The summed E-state index contributed by atoms with van der Waals surface area (Å²) in [5, 5.41) is 12.3. The molecule has 1 aliphatic rings. The van der Waals surface area contributed by atoms with E-state index in [9.17, 15) is 14.9 Å². The molecule has 106 valence electrons. The predicted octanol–water partition coefficient (Wildman–Crippen LogP) is 2.11. The lowest BCUT2D eigenvalue weighted by atomic mass is 9.85. The number of nitriles is 1. The number of hydrogen-bond acceptors (Lipinski definition) is 3. The van der Waals surface area contributed by atoms with Gasteiger partial charge >= 0.3 is 0 Å². The molecule has 20 heavy (non-hydrogen) atoms. The molecular formula is C15H19N3O2. The first-order chi connectivity index (χ1) is 9.65. The van der Waals surface area contributed by atoms with Gasteiger partial charge in [0, 0.05) is 6.07 Å². The molecule has 0 spiro atoms. The van der Waals surface area contributed by atoms with E-state index < -0.39 is 5.54 Å². The number of rotatable bonds is 2. The Labute approximate surface area is 118 Å². The highest BCUT2D eigenvalue weighted by Gasteiger charge is 2.32. The summed E-state index contributed by atoms with van der Waals surface area (Å²) >= 11 is 0. The number of nitrogens with one attached hydrogen (secondary N) is 2. The zero-order valence-corrected chi connectivity index (χ0v) is 11.4. The Morgan fingerprint density at radius 1 is 1.20 bits per heavy atom. The lowest BCUT2D eigenvalue weighted by Crippen LogP contribution is -2.48. The molecule has 0 bridgehead atoms. The number of nitrogens with zero attached hydrogens (tertiary/aromatic N) is 1. The van der Waals surface area contributed by atoms with Gasteiger partial charge in [-0.1, -0.05) is 38.2 Å². The third-order valence-corrected chi connectivity index (χ3v) is 3.79. The van der Waals surface area contributed by atoms with E-state index in [1.165, 1.54) is 18.6 Å². The van der Waals surface area contributed by atoms with Crippen molar-refractivity contribution in [2.45, 2.75) is 50.5 Å². The Balaban J connectivity index is 2.14. The number of hydrogen-bond donors (Lipinski definition) is 2. The van der Waals surface area contributed by atoms with Crippen molar-refractivity contribution >= 4 is 5.91 Å². The topological polar surface area (TPSA) is 85.8 Å². The molecule has 1 aliphatic carbocycles. The highest BCUT2D eigenvalue weighted by atomic mass is 16.2. The molecule has 0 atom stereocenters. The zero-order chi connectivity index (χ0) is 14.4. The summed E-state index contributed by atoms with van der Waals surface area (Å²) in [5.74, 6) is -0.384. The minimum absolute atomic E-state index is 0.203. The number of pyridine rings is 1. The maximum Gasteiger partial charge on any atom is 0.269 e. The van der Waals surface area contributed by atoms with E-state index in [2.05, 4.69) is 16.4 Å². The largest absolute Gasteiger partial charge is 0.332 e. The maximum atomic E-state index is 12.2. The van der Waals surface area contributed by atoms with E-state index in [-0.39, 0.29) is 17.2 Å². The molecule has 2 N–H and O–H groups in total. The fourth-order valence-corrected chi connectivity index (χ4v) is 2.64. The van der Waals surface area contributed by atoms with Crippen LogP contribution in [0, 0.1) is 11.3 Å². The number of aromatic nitrogens is 1. The Morgan fingerprint density at radius 2 is 1.85 bits per heavy atom. The summed E-state index contributed by atoms with van der Waals surface area (Å²) in [6, 6.07) is 6.71. The Bertz CT molecular complexity index is 563. The molecule has 1 aromatic heterocycles. The van der Waals surface area contributed by atoms with E-state index in [0.29, 0.717) is 12.8 Å². The van der Waals surface area contributed by atoms with Gasteiger partial charge in [0.1, 0.15) is 11.2 Å². The molecule has 0 aliphatic heterocycles. The Hall–Kier alpha value is -2.09. The molecule has 0 saturated heterocycles. The van der Waals surface area contributed by atoms with Gasteiger partial charge in [-0.15, -0.1) is 0 Å². The smallest absolute Gasteiger partial charge is 0.269 e. The van der Waals surface area contributed by atoms with E-state index in [1.807, 2.05) is 0 Å². The van der Waals surface area contributed by atoms with Crippen LogP contribution < -0.4 is 10.9 Å². The standard InChI is InChI=1S/C15H19N3O2/c16-11-15(9-4-2-1-3-5-10-15)18-14(20)12-7-6-8-13(19)17-12/h6-8H,1-5,9-10H2,(H,17,19)(H,18,20). The first-order valence-corrected chi connectivity index (χ1v) is 7.08. The van der Waals surface area contributed by atoms with Crippen LogP contribution in [0.4, 0.5) is 0 Å². The van der Waals surface area contributed by atoms with Gasteiger partial charge in [0.15, 0.2) is 0 Å². The fraction of sp³-hybridized carbons (Fsp3) is 0.533. The number of amides is 1. The van der Waals surface area contributed by atoms with Crippen molar-refractivity contribution in [2.75, 3.05) is 0 Å². The fourth-order valence-electron chi connectivity index (χ4n) is 2.64. The molecule has 2 rings (SSSR count). The average Bonchev–Trinajstić information content (AvgIpc) is 2.42. The van der Waals surface area contributed by atoms with Crippen LogP contribution in [-0.4, -0.2) is 16.4 Å². The summed E-state index contributed by atoms with van der Waals surface area (Å²) in [6.07, 6.45) is 6.63.